The second kappa shape index (κ2) is 12.4. The highest BCUT2D eigenvalue weighted by molar-refractivity contribution is 5.98. The van der Waals surface area contributed by atoms with E-state index in [-0.39, 0.29) is 18.6 Å². The number of aryl methyl sites for hydroxylation is 1. The topological polar surface area (TPSA) is 70.9 Å². The second-order valence-corrected chi connectivity index (χ2v) is 8.35. The molecule has 0 aliphatic rings. The van der Waals surface area contributed by atoms with E-state index in [1.54, 1.807) is 43.3 Å². The zero-order valence-corrected chi connectivity index (χ0v) is 20.2. The molecule has 8 heteroatoms. The maximum Gasteiger partial charge on any atom is 0.417 e. The van der Waals surface area contributed by atoms with Crippen molar-refractivity contribution in [1.29, 1.82) is 0 Å². The molecule has 0 aromatic heterocycles. The summed E-state index contributed by atoms with van der Waals surface area (Å²) in [4.78, 5) is 16.1. The molecule has 0 spiro atoms. The summed E-state index contributed by atoms with van der Waals surface area (Å²) in [5.41, 5.74) is 3.89. The SMILES string of the molecule is CCc1cc(C(C)=NOCc2ccc(-c3ccccc3)c(C(F)(F)F)c2)ccc1CNCCC(=O)O. The fourth-order valence-corrected chi connectivity index (χ4v) is 3.81. The average Bonchev–Trinajstić information content (AvgIpc) is 2.86. The Morgan fingerprint density at radius 2 is 1.78 bits per heavy atom. The maximum atomic E-state index is 13.7. The van der Waals surface area contributed by atoms with Crippen molar-refractivity contribution in [3.8, 4) is 11.1 Å². The lowest BCUT2D eigenvalue weighted by atomic mass is 9.97. The Kier molecular flexibility index (Phi) is 9.25. The lowest BCUT2D eigenvalue weighted by Crippen LogP contribution is -2.18. The first-order valence-corrected chi connectivity index (χ1v) is 11.7. The minimum atomic E-state index is -4.50. The number of benzene rings is 3. The van der Waals surface area contributed by atoms with Gasteiger partial charge in [-0.25, -0.2) is 0 Å². The van der Waals surface area contributed by atoms with Crippen molar-refractivity contribution in [2.24, 2.45) is 5.16 Å². The third-order valence-corrected chi connectivity index (χ3v) is 5.74. The van der Waals surface area contributed by atoms with E-state index in [0.717, 1.165) is 29.2 Å². The van der Waals surface area contributed by atoms with E-state index in [1.165, 1.54) is 6.07 Å². The molecule has 0 amide bonds. The number of hydrogen-bond acceptors (Lipinski definition) is 4. The van der Waals surface area contributed by atoms with Crippen molar-refractivity contribution in [1.82, 2.24) is 5.32 Å². The van der Waals surface area contributed by atoms with Crippen molar-refractivity contribution in [2.45, 2.75) is 46.0 Å². The quantitative estimate of drug-likeness (QED) is 0.181. The molecule has 0 saturated carbocycles. The molecule has 0 atom stereocenters. The van der Waals surface area contributed by atoms with Gasteiger partial charge in [-0.15, -0.1) is 0 Å². The van der Waals surface area contributed by atoms with E-state index in [4.69, 9.17) is 9.94 Å². The maximum absolute atomic E-state index is 13.7. The van der Waals surface area contributed by atoms with Crippen LogP contribution < -0.4 is 5.32 Å². The fourth-order valence-electron chi connectivity index (χ4n) is 3.81. The number of hydrogen-bond donors (Lipinski definition) is 2. The molecule has 0 heterocycles. The number of halogens is 3. The largest absolute Gasteiger partial charge is 0.481 e. The summed E-state index contributed by atoms with van der Waals surface area (Å²) in [6, 6.07) is 18.5. The molecule has 190 valence electrons. The molecule has 0 saturated heterocycles. The van der Waals surface area contributed by atoms with Gasteiger partial charge >= 0.3 is 12.1 Å². The van der Waals surface area contributed by atoms with E-state index in [1.807, 2.05) is 25.1 Å². The molecule has 0 bridgehead atoms. The molecule has 3 rings (SSSR count). The number of carbonyl (C=O) groups is 1. The molecular formula is C28H29F3N2O3. The van der Waals surface area contributed by atoms with Gasteiger partial charge in [-0.3, -0.25) is 4.79 Å². The number of oxime groups is 1. The summed E-state index contributed by atoms with van der Waals surface area (Å²) in [6.45, 7) is 4.65. The number of aliphatic carboxylic acids is 1. The summed E-state index contributed by atoms with van der Waals surface area (Å²) in [7, 11) is 0. The van der Waals surface area contributed by atoms with Crippen LogP contribution in [0.5, 0.6) is 0 Å². The van der Waals surface area contributed by atoms with Crippen LogP contribution in [0.1, 0.15) is 48.1 Å². The van der Waals surface area contributed by atoms with Crippen LogP contribution in [-0.2, 0) is 35.4 Å². The molecule has 0 aliphatic heterocycles. The van der Waals surface area contributed by atoms with Crippen LogP contribution in [-0.4, -0.2) is 23.3 Å². The van der Waals surface area contributed by atoms with Crippen LogP contribution in [0.25, 0.3) is 11.1 Å². The monoisotopic (exact) mass is 498 g/mol. The molecule has 3 aromatic rings. The summed E-state index contributed by atoms with van der Waals surface area (Å²) >= 11 is 0. The molecule has 0 aliphatic carbocycles. The van der Waals surface area contributed by atoms with E-state index in [2.05, 4.69) is 10.5 Å². The Labute approximate surface area is 208 Å². The minimum Gasteiger partial charge on any atom is -0.481 e. The summed E-state index contributed by atoms with van der Waals surface area (Å²) in [5.74, 6) is -0.845. The third kappa shape index (κ3) is 7.42. The van der Waals surface area contributed by atoms with Crippen molar-refractivity contribution >= 4 is 11.7 Å². The van der Waals surface area contributed by atoms with Crippen LogP contribution in [0.4, 0.5) is 13.2 Å². The van der Waals surface area contributed by atoms with E-state index in [0.29, 0.717) is 29.9 Å². The van der Waals surface area contributed by atoms with Gasteiger partial charge in [0.05, 0.1) is 17.7 Å². The first kappa shape index (κ1) is 26.9. The zero-order chi connectivity index (χ0) is 26.1. The summed E-state index contributed by atoms with van der Waals surface area (Å²) in [6.07, 6.45) is -3.66. The van der Waals surface area contributed by atoms with Gasteiger partial charge in [0.2, 0.25) is 0 Å². The van der Waals surface area contributed by atoms with Gasteiger partial charge in [0.1, 0.15) is 6.61 Å². The van der Waals surface area contributed by atoms with Gasteiger partial charge in [0, 0.05) is 13.1 Å². The van der Waals surface area contributed by atoms with Crippen LogP contribution in [0.3, 0.4) is 0 Å². The van der Waals surface area contributed by atoms with Crippen LogP contribution in [0.15, 0.2) is 71.9 Å². The molecule has 36 heavy (non-hydrogen) atoms. The molecule has 2 N–H and O–H groups in total. The third-order valence-electron chi connectivity index (χ3n) is 5.74. The highest BCUT2D eigenvalue weighted by atomic mass is 19.4. The van der Waals surface area contributed by atoms with E-state index >= 15 is 0 Å². The summed E-state index contributed by atoms with van der Waals surface area (Å²) in [5, 5.41) is 16.0. The van der Waals surface area contributed by atoms with Crippen LogP contribution >= 0.6 is 0 Å². The number of nitrogens with one attached hydrogen (secondary N) is 1. The second-order valence-electron chi connectivity index (χ2n) is 8.35. The number of carboxylic acid groups (broad SMARTS) is 1. The number of carboxylic acids is 1. The number of rotatable bonds is 11. The predicted molar refractivity (Wildman–Crippen MR) is 134 cm³/mol. The Balaban J connectivity index is 1.69. The van der Waals surface area contributed by atoms with Gasteiger partial charge in [0.15, 0.2) is 0 Å². The lowest BCUT2D eigenvalue weighted by molar-refractivity contribution is -0.138. The molecule has 0 unspecified atom stereocenters. The van der Waals surface area contributed by atoms with Crippen LogP contribution in [0.2, 0.25) is 0 Å². The number of nitrogens with zero attached hydrogens (tertiary/aromatic N) is 1. The van der Waals surface area contributed by atoms with Gasteiger partial charge in [0.25, 0.3) is 0 Å². The Morgan fingerprint density at radius 1 is 1.03 bits per heavy atom. The van der Waals surface area contributed by atoms with Crippen molar-refractivity contribution in [2.75, 3.05) is 6.54 Å². The number of alkyl halides is 3. The van der Waals surface area contributed by atoms with Crippen molar-refractivity contribution in [3.63, 3.8) is 0 Å². The summed E-state index contributed by atoms with van der Waals surface area (Å²) < 4.78 is 41.2. The van der Waals surface area contributed by atoms with E-state index in [9.17, 15) is 18.0 Å². The first-order valence-electron chi connectivity index (χ1n) is 11.7. The predicted octanol–water partition coefficient (Wildman–Crippen LogP) is 6.44. The van der Waals surface area contributed by atoms with Gasteiger partial charge in [-0.05, 0) is 58.9 Å². The van der Waals surface area contributed by atoms with E-state index < -0.39 is 17.7 Å². The van der Waals surface area contributed by atoms with Gasteiger partial charge in [-0.2, -0.15) is 13.2 Å². The fraction of sp³-hybridized carbons (Fsp3) is 0.286. The standard InChI is InChI=1S/C28H29F3N2O3/c1-3-21-16-23(10-11-24(21)17-32-14-13-27(34)35)19(2)33-36-18-20-9-12-25(22-7-5-4-6-8-22)26(15-20)28(29,30)31/h4-12,15-16,32H,3,13-14,17-18H2,1-2H3,(H,34,35). The first-order chi connectivity index (χ1) is 17.2. The lowest BCUT2D eigenvalue weighted by Gasteiger charge is -2.15. The average molecular weight is 499 g/mol. The van der Waals surface area contributed by atoms with Gasteiger partial charge < -0.3 is 15.3 Å². The Morgan fingerprint density at radius 3 is 2.44 bits per heavy atom. The highest BCUT2D eigenvalue weighted by Gasteiger charge is 2.34. The normalized spacial score (nSPS) is 12.0. The molecule has 3 aromatic carbocycles. The molecular weight excluding hydrogens is 469 g/mol. The van der Waals surface area contributed by atoms with Gasteiger partial charge in [-0.1, -0.05) is 66.7 Å². The smallest absolute Gasteiger partial charge is 0.417 e. The Hall–Kier alpha value is -3.65. The Bertz CT molecular complexity index is 1210. The molecule has 0 radical (unpaired) electrons. The molecule has 5 nitrogen and oxygen atoms in total. The molecule has 0 fully saturated rings. The highest BCUT2D eigenvalue weighted by Crippen LogP contribution is 2.37. The van der Waals surface area contributed by atoms with Crippen LogP contribution in [0, 0.1) is 0 Å². The minimum absolute atomic E-state index is 0.0576. The van der Waals surface area contributed by atoms with Crippen molar-refractivity contribution in [3.05, 3.63) is 94.5 Å². The zero-order valence-electron chi connectivity index (χ0n) is 20.2. The van der Waals surface area contributed by atoms with Crippen molar-refractivity contribution < 1.29 is 27.9 Å².